The van der Waals surface area contributed by atoms with Crippen LogP contribution < -0.4 is 0 Å². The largest absolute Gasteiger partial charge is 0.465 e. The number of nitriles is 1. The van der Waals surface area contributed by atoms with Crippen LogP contribution in [-0.2, 0) is 9.53 Å². The molecule has 90 valence electrons. The molecule has 0 aromatic heterocycles. The van der Waals surface area contributed by atoms with Gasteiger partial charge in [-0.1, -0.05) is 0 Å². The number of rotatable bonds is 4. The van der Waals surface area contributed by atoms with Gasteiger partial charge in [-0.3, -0.25) is 4.79 Å². The highest BCUT2D eigenvalue weighted by Crippen LogP contribution is 2.27. The topological polar surface area (TPSA) is 50.1 Å². The molecule has 0 fully saturated rings. The maximum absolute atomic E-state index is 13.5. The molecule has 3 nitrogen and oxygen atoms in total. The summed E-state index contributed by atoms with van der Waals surface area (Å²) >= 11 is 1.08. The van der Waals surface area contributed by atoms with Gasteiger partial charge in [0.05, 0.1) is 18.2 Å². The SMILES string of the molecule is CCOC(=O)[C@H](C)Sc1ccc(C#N)cc1F. The molecular formula is C12H12FNO2S. The molecule has 0 amide bonds. The Kier molecular flexibility index (Phi) is 4.98. The number of hydrogen-bond donors (Lipinski definition) is 0. The monoisotopic (exact) mass is 253 g/mol. The Labute approximate surface area is 104 Å². The standard InChI is InChI=1S/C12H12FNO2S/c1-3-16-12(15)8(2)17-11-5-4-9(7-14)6-10(11)13/h4-6,8H,3H2,1-2H3/t8-/m0/s1. The van der Waals surface area contributed by atoms with Gasteiger partial charge in [-0.2, -0.15) is 5.26 Å². The van der Waals surface area contributed by atoms with Crippen LogP contribution in [0.3, 0.4) is 0 Å². The van der Waals surface area contributed by atoms with Gasteiger partial charge in [-0.15, -0.1) is 11.8 Å². The Hall–Kier alpha value is -1.54. The van der Waals surface area contributed by atoms with E-state index in [1.807, 2.05) is 6.07 Å². The van der Waals surface area contributed by atoms with E-state index in [2.05, 4.69) is 0 Å². The van der Waals surface area contributed by atoms with Crippen LogP contribution in [0, 0.1) is 17.1 Å². The third-order valence-corrected chi connectivity index (χ3v) is 3.11. The molecule has 0 unspecified atom stereocenters. The molecule has 0 aliphatic carbocycles. The first kappa shape index (κ1) is 13.5. The van der Waals surface area contributed by atoms with Gasteiger partial charge in [-0.25, -0.2) is 4.39 Å². The normalized spacial score (nSPS) is 11.6. The number of halogens is 1. The summed E-state index contributed by atoms with van der Waals surface area (Å²) in [5.74, 6) is -0.869. The fourth-order valence-corrected chi connectivity index (χ4v) is 2.03. The van der Waals surface area contributed by atoms with Crippen LogP contribution in [0.25, 0.3) is 0 Å². The zero-order valence-electron chi connectivity index (χ0n) is 9.57. The van der Waals surface area contributed by atoms with Gasteiger partial charge >= 0.3 is 5.97 Å². The van der Waals surface area contributed by atoms with Crippen molar-refractivity contribution in [1.29, 1.82) is 5.26 Å². The Morgan fingerprint density at radius 3 is 2.88 bits per heavy atom. The van der Waals surface area contributed by atoms with Gasteiger partial charge in [0.25, 0.3) is 0 Å². The van der Waals surface area contributed by atoms with Crippen molar-refractivity contribution in [3.8, 4) is 6.07 Å². The minimum absolute atomic E-state index is 0.260. The number of carbonyl (C=O) groups excluding carboxylic acids is 1. The Morgan fingerprint density at radius 1 is 1.65 bits per heavy atom. The van der Waals surface area contributed by atoms with Crippen molar-refractivity contribution in [2.24, 2.45) is 0 Å². The lowest BCUT2D eigenvalue weighted by molar-refractivity contribution is -0.142. The molecular weight excluding hydrogens is 241 g/mol. The molecule has 1 aromatic rings. The van der Waals surface area contributed by atoms with E-state index < -0.39 is 11.1 Å². The van der Waals surface area contributed by atoms with E-state index in [4.69, 9.17) is 10.00 Å². The van der Waals surface area contributed by atoms with Crippen LogP contribution in [0.15, 0.2) is 23.1 Å². The second-order valence-corrected chi connectivity index (χ2v) is 4.65. The molecule has 17 heavy (non-hydrogen) atoms. The lowest BCUT2D eigenvalue weighted by Gasteiger charge is -2.10. The van der Waals surface area contributed by atoms with Crippen LogP contribution in [0.5, 0.6) is 0 Å². The number of carbonyl (C=O) groups is 1. The summed E-state index contributed by atoms with van der Waals surface area (Å²) in [5, 5.41) is 8.12. The Balaban J connectivity index is 2.75. The van der Waals surface area contributed by atoms with Crippen molar-refractivity contribution in [3.63, 3.8) is 0 Å². The predicted octanol–water partition coefficient (Wildman–Crippen LogP) is 2.74. The van der Waals surface area contributed by atoms with Crippen molar-refractivity contribution in [1.82, 2.24) is 0 Å². The fourth-order valence-electron chi connectivity index (χ4n) is 1.16. The average molecular weight is 253 g/mol. The second kappa shape index (κ2) is 6.26. The molecule has 1 aromatic carbocycles. The highest BCUT2D eigenvalue weighted by Gasteiger charge is 2.17. The Bertz CT molecular complexity index is 456. The highest BCUT2D eigenvalue weighted by atomic mass is 32.2. The van der Waals surface area contributed by atoms with Gasteiger partial charge in [0, 0.05) is 4.90 Å². The first-order chi connectivity index (χ1) is 8.08. The minimum Gasteiger partial charge on any atom is -0.465 e. The first-order valence-electron chi connectivity index (χ1n) is 5.11. The van der Waals surface area contributed by atoms with Crippen LogP contribution in [0.1, 0.15) is 19.4 Å². The van der Waals surface area contributed by atoms with Crippen molar-refractivity contribution < 1.29 is 13.9 Å². The molecule has 0 N–H and O–H groups in total. The zero-order chi connectivity index (χ0) is 12.8. The summed E-state index contributed by atoms with van der Waals surface area (Å²) in [4.78, 5) is 11.7. The maximum atomic E-state index is 13.5. The summed E-state index contributed by atoms with van der Waals surface area (Å²) in [6.07, 6.45) is 0. The highest BCUT2D eigenvalue weighted by molar-refractivity contribution is 8.00. The third-order valence-electron chi connectivity index (χ3n) is 1.98. The molecule has 0 spiro atoms. The molecule has 0 heterocycles. The lowest BCUT2D eigenvalue weighted by atomic mass is 10.2. The molecule has 0 radical (unpaired) electrons. The fraction of sp³-hybridized carbons (Fsp3) is 0.333. The van der Waals surface area contributed by atoms with Gasteiger partial charge in [0.2, 0.25) is 0 Å². The van der Waals surface area contributed by atoms with Gasteiger partial charge in [-0.05, 0) is 32.0 Å². The Morgan fingerprint density at radius 2 is 2.35 bits per heavy atom. The number of ether oxygens (including phenoxy) is 1. The van der Waals surface area contributed by atoms with E-state index in [9.17, 15) is 9.18 Å². The van der Waals surface area contributed by atoms with E-state index in [1.165, 1.54) is 12.1 Å². The third kappa shape index (κ3) is 3.75. The molecule has 0 aliphatic heterocycles. The summed E-state index contributed by atoms with van der Waals surface area (Å²) in [6.45, 7) is 3.68. The van der Waals surface area contributed by atoms with Gasteiger partial charge in [0.1, 0.15) is 11.1 Å². The van der Waals surface area contributed by atoms with Crippen LogP contribution >= 0.6 is 11.8 Å². The van der Waals surface area contributed by atoms with E-state index in [1.54, 1.807) is 13.8 Å². The number of esters is 1. The van der Waals surface area contributed by atoms with Gasteiger partial charge < -0.3 is 4.74 Å². The smallest absolute Gasteiger partial charge is 0.319 e. The summed E-state index contributed by atoms with van der Waals surface area (Å²) in [5.41, 5.74) is 0.260. The van der Waals surface area contributed by atoms with E-state index in [0.717, 1.165) is 17.8 Å². The molecule has 1 atom stereocenters. The van der Waals surface area contributed by atoms with Crippen molar-refractivity contribution in [2.45, 2.75) is 24.0 Å². The predicted molar refractivity (Wildman–Crippen MR) is 63.1 cm³/mol. The molecule has 5 heteroatoms. The van der Waals surface area contributed by atoms with E-state index >= 15 is 0 Å². The van der Waals surface area contributed by atoms with E-state index in [-0.39, 0.29) is 11.5 Å². The lowest BCUT2D eigenvalue weighted by Crippen LogP contribution is -2.16. The first-order valence-corrected chi connectivity index (χ1v) is 5.99. The van der Waals surface area contributed by atoms with Crippen molar-refractivity contribution in [2.75, 3.05) is 6.61 Å². The summed E-state index contributed by atoms with van der Waals surface area (Å²) in [6, 6.07) is 6.01. The van der Waals surface area contributed by atoms with Crippen LogP contribution in [0.2, 0.25) is 0 Å². The zero-order valence-corrected chi connectivity index (χ0v) is 10.4. The van der Waals surface area contributed by atoms with Gasteiger partial charge in [0.15, 0.2) is 0 Å². The second-order valence-electron chi connectivity index (χ2n) is 3.27. The molecule has 0 saturated carbocycles. The summed E-state index contributed by atoms with van der Waals surface area (Å²) in [7, 11) is 0. The molecule has 0 aliphatic rings. The van der Waals surface area contributed by atoms with Crippen molar-refractivity contribution in [3.05, 3.63) is 29.6 Å². The van der Waals surface area contributed by atoms with E-state index in [0.29, 0.717) is 11.5 Å². The van der Waals surface area contributed by atoms with Crippen LogP contribution in [0.4, 0.5) is 4.39 Å². The number of thioether (sulfide) groups is 1. The average Bonchev–Trinajstić information content (AvgIpc) is 2.31. The number of benzene rings is 1. The van der Waals surface area contributed by atoms with Crippen molar-refractivity contribution >= 4 is 17.7 Å². The number of hydrogen-bond acceptors (Lipinski definition) is 4. The summed E-state index contributed by atoms with van der Waals surface area (Å²) < 4.78 is 18.3. The number of nitrogens with zero attached hydrogens (tertiary/aromatic N) is 1. The molecule has 1 rings (SSSR count). The quantitative estimate of drug-likeness (QED) is 0.611. The maximum Gasteiger partial charge on any atom is 0.319 e. The molecule has 0 bridgehead atoms. The minimum atomic E-state index is -0.495. The van der Waals surface area contributed by atoms with Crippen LogP contribution in [-0.4, -0.2) is 17.8 Å². The molecule has 0 saturated heterocycles.